The van der Waals surface area contributed by atoms with Crippen LogP contribution in [0.2, 0.25) is 0 Å². The minimum absolute atomic E-state index is 0.156. The summed E-state index contributed by atoms with van der Waals surface area (Å²) in [5, 5.41) is 0. The molecule has 0 unspecified atom stereocenters. The summed E-state index contributed by atoms with van der Waals surface area (Å²) in [6.45, 7) is 4.29. The summed E-state index contributed by atoms with van der Waals surface area (Å²) in [7, 11) is 0. The van der Waals surface area contributed by atoms with Gasteiger partial charge in [-0.25, -0.2) is 4.79 Å². The Morgan fingerprint density at radius 3 is 2.23 bits per heavy atom. The highest BCUT2D eigenvalue weighted by atomic mass is 127. The number of hydrogen-bond acceptors (Lipinski definition) is 2. The van der Waals surface area contributed by atoms with Crippen LogP contribution in [0, 0.1) is 5.92 Å². The van der Waals surface area contributed by atoms with Gasteiger partial charge in [0.2, 0.25) is 0 Å². The van der Waals surface area contributed by atoms with Crippen LogP contribution in [-0.4, -0.2) is 9.58 Å². The van der Waals surface area contributed by atoms with Crippen molar-refractivity contribution in [2.24, 2.45) is 5.92 Å². The van der Waals surface area contributed by atoms with E-state index >= 15 is 0 Å². The minimum Gasteiger partial charge on any atom is -0.451 e. The molecular formula is C10H17IO2. The van der Waals surface area contributed by atoms with Gasteiger partial charge in [0.1, 0.15) is 5.60 Å². The third kappa shape index (κ3) is 2.82. The van der Waals surface area contributed by atoms with Crippen molar-refractivity contribution >= 4 is 26.6 Å². The van der Waals surface area contributed by atoms with E-state index in [4.69, 9.17) is 4.74 Å². The Bertz CT molecular complexity index is 183. The third-order valence-electron chi connectivity index (χ3n) is 3.04. The molecule has 1 fully saturated rings. The first-order valence-corrected chi connectivity index (χ1v) is 6.03. The molecule has 1 aliphatic rings. The lowest BCUT2D eigenvalue weighted by molar-refractivity contribution is -0.0372. The van der Waals surface area contributed by atoms with E-state index in [2.05, 4.69) is 13.8 Å². The monoisotopic (exact) mass is 296 g/mol. The Morgan fingerprint density at radius 1 is 1.31 bits per heavy atom. The van der Waals surface area contributed by atoms with Gasteiger partial charge >= 0.3 is 3.98 Å². The van der Waals surface area contributed by atoms with E-state index in [0.717, 1.165) is 12.8 Å². The van der Waals surface area contributed by atoms with Gasteiger partial charge in [0.15, 0.2) is 0 Å². The van der Waals surface area contributed by atoms with Gasteiger partial charge in [-0.3, -0.25) is 0 Å². The van der Waals surface area contributed by atoms with Crippen molar-refractivity contribution in [2.75, 3.05) is 0 Å². The normalized spacial score (nSPS) is 21.5. The van der Waals surface area contributed by atoms with Crippen LogP contribution in [-0.2, 0) is 4.74 Å². The molecule has 1 rings (SSSR count). The number of rotatable bonds is 2. The molecule has 0 radical (unpaired) electrons. The topological polar surface area (TPSA) is 26.3 Å². The fourth-order valence-electron chi connectivity index (χ4n) is 2.11. The van der Waals surface area contributed by atoms with Crippen LogP contribution in [0.15, 0.2) is 0 Å². The van der Waals surface area contributed by atoms with E-state index in [1.165, 1.54) is 19.3 Å². The number of hydrogen-bond donors (Lipinski definition) is 0. The van der Waals surface area contributed by atoms with E-state index in [1.54, 1.807) is 22.6 Å². The van der Waals surface area contributed by atoms with Gasteiger partial charge in [-0.05, 0) is 31.6 Å². The third-order valence-corrected chi connectivity index (χ3v) is 3.26. The van der Waals surface area contributed by atoms with Crippen LogP contribution < -0.4 is 0 Å². The second-order valence-electron chi connectivity index (χ2n) is 4.12. The Hall–Kier alpha value is 0.200. The maximum atomic E-state index is 11.0. The fraction of sp³-hybridized carbons (Fsp3) is 0.900. The summed E-state index contributed by atoms with van der Waals surface area (Å²) in [4.78, 5) is 11.0. The molecule has 0 saturated heterocycles. The Kier molecular flexibility index (Phi) is 4.01. The second-order valence-corrected chi connectivity index (χ2v) is 5.00. The van der Waals surface area contributed by atoms with E-state index in [-0.39, 0.29) is 9.58 Å². The number of carbonyl (C=O) groups is 1. The van der Waals surface area contributed by atoms with Crippen molar-refractivity contribution < 1.29 is 9.53 Å². The van der Waals surface area contributed by atoms with Gasteiger partial charge in [0.25, 0.3) is 0 Å². The highest BCUT2D eigenvalue weighted by Crippen LogP contribution is 2.38. The van der Waals surface area contributed by atoms with Crippen LogP contribution in [0.3, 0.4) is 0 Å². The van der Waals surface area contributed by atoms with Crippen molar-refractivity contribution in [1.82, 2.24) is 0 Å². The molecule has 0 spiro atoms. The summed E-state index contributed by atoms with van der Waals surface area (Å²) in [5.41, 5.74) is -0.156. The summed E-state index contributed by atoms with van der Waals surface area (Å²) >= 11 is 1.73. The van der Waals surface area contributed by atoms with Crippen LogP contribution in [0.4, 0.5) is 4.79 Å². The molecule has 1 aliphatic carbocycles. The maximum Gasteiger partial charge on any atom is 0.367 e. The average molecular weight is 296 g/mol. The number of halogens is 1. The lowest BCUT2D eigenvalue weighted by Crippen LogP contribution is -2.41. The zero-order valence-electron chi connectivity index (χ0n) is 8.31. The number of ether oxygens (including phenoxy) is 1. The van der Waals surface area contributed by atoms with Crippen molar-refractivity contribution in [2.45, 2.75) is 51.6 Å². The van der Waals surface area contributed by atoms with Crippen molar-refractivity contribution in [3.05, 3.63) is 0 Å². The summed E-state index contributed by atoms with van der Waals surface area (Å²) in [5.74, 6) is 0.437. The number of carbonyl (C=O) groups excluding carboxylic acids is 1. The summed E-state index contributed by atoms with van der Waals surface area (Å²) < 4.78 is 5.33. The summed E-state index contributed by atoms with van der Waals surface area (Å²) in [6, 6.07) is 0. The van der Waals surface area contributed by atoms with Crippen LogP contribution in [0.1, 0.15) is 46.0 Å². The largest absolute Gasteiger partial charge is 0.451 e. The highest BCUT2D eigenvalue weighted by Gasteiger charge is 2.38. The standard InChI is InChI=1S/C10H17IO2/c1-8(2)10(13-9(11)12)6-4-3-5-7-10/h8H,3-7H2,1-2H3. The van der Waals surface area contributed by atoms with Gasteiger partial charge in [0.05, 0.1) is 22.6 Å². The maximum absolute atomic E-state index is 11.0. The molecule has 13 heavy (non-hydrogen) atoms. The first kappa shape index (κ1) is 11.3. The minimum atomic E-state index is -0.159. The van der Waals surface area contributed by atoms with Crippen LogP contribution >= 0.6 is 22.6 Å². The lowest BCUT2D eigenvalue weighted by atomic mass is 9.77. The Labute approximate surface area is 93.6 Å². The highest BCUT2D eigenvalue weighted by molar-refractivity contribution is 14.1. The first-order valence-electron chi connectivity index (χ1n) is 4.95. The average Bonchev–Trinajstić information content (AvgIpc) is 2.04. The molecule has 0 amide bonds. The SMILES string of the molecule is CC(C)C1(OC(=O)I)CCCCC1. The first-order chi connectivity index (χ1) is 6.07. The molecule has 3 heteroatoms. The van der Waals surface area contributed by atoms with Crippen molar-refractivity contribution in [3.8, 4) is 0 Å². The molecule has 0 atom stereocenters. The van der Waals surface area contributed by atoms with Crippen molar-refractivity contribution in [1.29, 1.82) is 0 Å². The van der Waals surface area contributed by atoms with Crippen LogP contribution in [0.5, 0.6) is 0 Å². The zero-order chi connectivity index (χ0) is 9.90. The lowest BCUT2D eigenvalue weighted by Gasteiger charge is -2.39. The Balaban J connectivity index is 2.67. The van der Waals surface area contributed by atoms with Gasteiger partial charge in [-0.15, -0.1) is 0 Å². The molecule has 0 aromatic heterocycles. The van der Waals surface area contributed by atoms with E-state index < -0.39 is 0 Å². The van der Waals surface area contributed by atoms with Gasteiger partial charge < -0.3 is 4.74 Å². The van der Waals surface area contributed by atoms with E-state index in [1.807, 2.05) is 0 Å². The van der Waals surface area contributed by atoms with Gasteiger partial charge in [-0.2, -0.15) is 0 Å². The molecule has 2 nitrogen and oxygen atoms in total. The quantitative estimate of drug-likeness (QED) is 0.570. The van der Waals surface area contributed by atoms with Gasteiger partial charge in [-0.1, -0.05) is 20.3 Å². The molecule has 0 aromatic carbocycles. The molecule has 0 aromatic rings. The zero-order valence-corrected chi connectivity index (χ0v) is 10.5. The van der Waals surface area contributed by atoms with Gasteiger partial charge in [0, 0.05) is 0 Å². The fourth-order valence-corrected chi connectivity index (χ4v) is 2.55. The van der Waals surface area contributed by atoms with E-state index in [0.29, 0.717) is 5.92 Å². The molecular weight excluding hydrogens is 279 g/mol. The van der Waals surface area contributed by atoms with E-state index in [9.17, 15) is 4.79 Å². The van der Waals surface area contributed by atoms with Crippen LogP contribution in [0.25, 0.3) is 0 Å². The smallest absolute Gasteiger partial charge is 0.367 e. The predicted molar refractivity (Wildman–Crippen MR) is 61.2 cm³/mol. The molecule has 0 heterocycles. The molecule has 76 valence electrons. The predicted octanol–water partition coefficient (Wildman–Crippen LogP) is 3.92. The molecule has 0 aliphatic heterocycles. The molecule has 0 bridgehead atoms. The molecule has 1 saturated carbocycles. The Morgan fingerprint density at radius 2 is 1.85 bits per heavy atom. The second kappa shape index (κ2) is 4.62. The summed E-state index contributed by atoms with van der Waals surface area (Å²) in [6.07, 6.45) is 5.76. The molecule has 0 N–H and O–H groups in total. The van der Waals surface area contributed by atoms with Crippen molar-refractivity contribution in [3.63, 3.8) is 0 Å².